The van der Waals surface area contributed by atoms with E-state index in [0.717, 1.165) is 0 Å². The van der Waals surface area contributed by atoms with Gasteiger partial charge in [-0.3, -0.25) is 4.79 Å². The van der Waals surface area contributed by atoms with Crippen LogP contribution in [0.3, 0.4) is 0 Å². The van der Waals surface area contributed by atoms with E-state index in [1.165, 1.54) is 7.11 Å². The molecule has 74 valence electrons. The second-order valence-corrected chi connectivity index (χ2v) is 3.08. The maximum atomic E-state index is 11.1. The van der Waals surface area contributed by atoms with Gasteiger partial charge in [-0.1, -0.05) is 0 Å². The Labute approximate surface area is 81.1 Å². The second kappa shape index (κ2) is 4.58. The average molecular weight is 207 g/mol. The van der Waals surface area contributed by atoms with Crippen molar-refractivity contribution in [1.82, 2.24) is 0 Å². The third-order valence-corrected chi connectivity index (χ3v) is 2.24. The Balaban J connectivity index is 2.44. The number of hydrogen-bond donors (Lipinski definition) is 0. The molecule has 0 aromatic rings. The van der Waals surface area contributed by atoms with E-state index >= 15 is 0 Å². The van der Waals surface area contributed by atoms with Crippen LogP contribution in [-0.4, -0.2) is 37.0 Å². The highest BCUT2D eigenvalue weighted by atomic mass is 35.5. The van der Waals surface area contributed by atoms with E-state index < -0.39 is 18.2 Å². The van der Waals surface area contributed by atoms with E-state index in [-0.39, 0.29) is 11.7 Å². The molecule has 2 unspecified atom stereocenters. The standard InChI is InChI=1S/C8H11ClO4/c1-12-8(11)7-3-2-6(13-7)5(10)4-9/h6-7H,2-4H2,1H3. The van der Waals surface area contributed by atoms with Crippen LogP contribution in [0.4, 0.5) is 0 Å². The van der Waals surface area contributed by atoms with Crippen molar-refractivity contribution in [2.45, 2.75) is 25.0 Å². The number of carbonyl (C=O) groups is 2. The van der Waals surface area contributed by atoms with Crippen LogP contribution in [0.25, 0.3) is 0 Å². The Bertz CT molecular complexity index is 194. The maximum absolute atomic E-state index is 11.1. The molecule has 0 aromatic heterocycles. The van der Waals surface area contributed by atoms with E-state index in [9.17, 15) is 9.59 Å². The summed E-state index contributed by atoms with van der Waals surface area (Å²) in [4.78, 5) is 22.0. The number of hydrogen-bond acceptors (Lipinski definition) is 4. The zero-order chi connectivity index (χ0) is 9.84. The summed E-state index contributed by atoms with van der Waals surface area (Å²) >= 11 is 5.35. The largest absolute Gasteiger partial charge is 0.467 e. The SMILES string of the molecule is COC(=O)C1CCC(C(=O)CCl)O1. The van der Waals surface area contributed by atoms with Gasteiger partial charge < -0.3 is 9.47 Å². The number of halogens is 1. The lowest BCUT2D eigenvalue weighted by Gasteiger charge is -2.09. The van der Waals surface area contributed by atoms with Crippen LogP contribution in [0.5, 0.6) is 0 Å². The van der Waals surface area contributed by atoms with E-state index in [1.807, 2.05) is 0 Å². The topological polar surface area (TPSA) is 52.6 Å². The Morgan fingerprint density at radius 1 is 1.46 bits per heavy atom. The van der Waals surface area contributed by atoms with Gasteiger partial charge in [-0.25, -0.2) is 4.79 Å². The van der Waals surface area contributed by atoms with Crippen LogP contribution in [0.1, 0.15) is 12.8 Å². The molecule has 0 saturated carbocycles. The van der Waals surface area contributed by atoms with Gasteiger partial charge in [0.25, 0.3) is 0 Å². The highest BCUT2D eigenvalue weighted by Gasteiger charge is 2.34. The number of rotatable bonds is 3. The Hall–Kier alpha value is -0.610. The summed E-state index contributed by atoms with van der Waals surface area (Å²) in [5.74, 6) is -0.670. The normalized spacial score (nSPS) is 27.2. The van der Waals surface area contributed by atoms with Gasteiger partial charge in [0.15, 0.2) is 11.9 Å². The number of esters is 1. The van der Waals surface area contributed by atoms with Crippen LogP contribution >= 0.6 is 11.6 Å². The number of methoxy groups -OCH3 is 1. The van der Waals surface area contributed by atoms with Gasteiger partial charge in [-0.05, 0) is 12.8 Å². The average Bonchev–Trinajstić information content (AvgIpc) is 2.64. The lowest BCUT2D eigenvalue weighted by atomic mass is 10.1. The molecule has 0 bridgehead atoms. The molecule has 0 spiro atoms. The minimum absolute atomic E-state index is 0.0709. The number of carbonyl (C=O) groups excluding carboxylic acids is 2. The molecule has 2 atom stereocenters. The van der Waals surface area contributed by atoms with E-state index in [2.05, 4.69) is 4.74 Å². The third-order valence-electron chi connectivity index (χ3n) is 1.97. The van der Waals surface area contributed by atoms with Gasteiger partial charge >= 0.3 is 5.97 Å². The minimum atomic E-state index is -0.595. The Morgan fingerprint density at radius 2 is 2.08 bits per heavy atom. The first-order valence-electron chi connectivity index (χ1n) is 4.01. The molecular formula is C8H11ClO4. The molecule has 1 fully saturated rings. The van der Waals surface area contributed by atoms with Crippen molar-refractivity contribution in [2.75, 3.05) is 13.0 Å². The highest BCUT2D eigenvalue weighted by Crippen LogP contribution is 2.21. The summed E-state index contributed by atoms with van der Waals surface area (Å²) in [7, 11) is 1.29. The molecule has 1 aliphatic rings. The summed E-state index contributed by atoms with van der Waals surface area (Å²) in [6.45, 7) is 0. The quantitative estimate of drug-likeness (QED) is 0.499. The third kappa shape index (κ3) is 2.42. The van der Waals surface area contributed by atoms with Gasteiger partial charge in [0.1, 0.15) is 6.10 Å². The van der Waals surface area contributed by atoms with Crippen molar-refractivity contribution in [2.24, 2.45) is 0 Å². The highest BCUT2D eigenvalue weighted by molar-refractivity contribution is 6.28. The van der Waals surface area contributed by atoms with Crippen molar-refractivity contribution in [3.05, 3.63) is 0 Å². The molecule has 13 heavy (non-hydrogen) atoms. The fraction of sp³-hybridized carbons (Fsp3) is 0.750. The molecule has 0 amide bonds. The van der Waals surface area contributed by atoms with Crippen molar-refractivity contribution in [3.63, 3.8) is 0 Å². The summed E-state index contributed by atoms with van der Waals surface area (Å²) in [5.41, 5.74) is 0. The fourth-order valence-corrected chi connectivity index (χ4v) is 1.44. The Morgan fingerprint density at radius 3 is 2.62 bits per heavy atom. The number of ketones is 1. The minimum Gasteiger partial charge on any atom is -0.467 e. The lowest BCUT2D eigenvalue weighted by Crippen LogP contribution is -2.26. The summed E-state index contributed by atoms with van der Waals surface area (Å²) in [5, 5.41) is 0. The zero-order valence-electron chi connectivity index (χ0n) is 7.29. The van der Waals surface area contributed by atoms with Crippen molar-refractivity contribution in [3.8, 4) is 0 Å². The number of Topliss-reactive ketones (excluding diaryl/α,β-unsaturated/α-hetero) is 1. The number of ether oxygens (including phenoxy) is 2. The van der Waals surface area contributed by atoms with Crippen molar-refractivity contribution < 1.29 is 19.1 Å². The van der Waals surface area contributed by atoms with Crippen LogP contribution in [0, 0.1) is 0 Å². The molecule has 4 nitrogen and oxygen atoms in total. The molecule has 0 aromatic carbocycles. The summed E-state index contributed by atoms with van der Waals surface area (Å²) < 4.78 is 9.65. The molecule has 5 heteroatoms. The van der Waals surface area contributed by atoms with Gasteiger partial charge in [0.2, 0.25) is 0 Å². The monoisotopic (exact) mass is 206 g/mol. The predicted octanol–water partition coefficient (Wildman–Crippen LogP) is 0.515. The molecule has 1 rings (SSSR count). The number of alkyl halides is 1. The molecular weight excluding hydrogens is 196 g/mol. The van der Waals surface area contributed by atoms with E-state index in [4.69, 9.17) is 16.3 Å². The molecule has 1 heterocycles. The van der Waals surface area contributed by atoms with Gasteiger partial charge in [0, 0.05) is 0 Å². The first kappa shape index (κ1) is 10.5. The van der Waals surface area contributed by atoms with E-state index in [1.54, 1.807) is 0 Å². The van der Waals surface area contributed by atoms with Gasteiger partial charge in [0.05, 0.1) is 13.0 Å². The first-order valence-corrected chi connectivity index (χ1v) is 4.54. The molecule has 1 saturated heterocycles. The fourth-order valence-electron chi connectivity index (χ4n) is 1.26. The van der Waals surface area contributed by atoms with E-state index in [0.29, 0.717) is 12.8 Å². The molecule has 1 aliphatic heterocycles. The van der Waals surface area contributed by atoms with Gasteiger partial charge in [-0.2, -0.15) is 0 Å². The lowest BCUT2D eigenvalue weighted by molar-refractivity contribution is -0.154. The zero-order valence-corrected chi connectivity index (χ0v) is 8.04. The molecule has 0 aliphatic carbocycles. The van der Waals surface area contributed by atoms with Crippen LogP contribution < -0.4 is 0 Å². The second-order valence-electron chi connectivity index (χ2n) is 2.81. The predicted molar refractivity (Wildman–Crippen MR) is 45.6 cm³/mol. The maximum Gasteiger partial charge on any atom is 0.335 e. The summed E-state index contributed by atoms with van der Waals surface area (Å²) in [6, 6.07) is 0. The molecule has 0 N–H and O–H groups in total. The van der Waals surface area contributed by atoms with Crippen LogP contribution in [0.15, 0.2) is 0 Å². The molecule has 0 radical (unpaired) electrons. The summed E-state index contributed by atoms with van der Waals surface area (Å²) in [6.07, 6.45) is -0.0468. The smallest absolute Gasteiger partial charge is 0.335 e. The Kier molecular flexibility index (Phi) is 3.69. The van der Waals surface area contributed by atoms with Crippen molar-refractivity contribution in [1.29, 1.82) is 0 Å². The van der Waals surface area contributed by atoms with Crippen LogP contribution in [-0.2, 0) is 19.1 Å². The van der Waals surface area contributed by atoms with Crippen molar-refractivity contribution >= 4 is 23.4 Å². The van der Waals surface area contributed by atoms with Gasteiger partial charge in [-0.15, -0.1) is 11.6 Å². The first-order chi connectivity index (χ1) is 6.19. The van der Waals surface area contributed by atoms with Crippen LogP contribution in [0.2, 0.25) is 0 Å².